The van der Waals surface area contributed by atoms with E-state index in [-0.39, 0.29) is 5.97 Å². The van der Waals surface area contributed by atoms with Gasteiger partial charge in [0, 0.05) is 18.8 Å². The molecule has 0 radical (unpaired) electrons. The van der Waals surface area contributed by atoms with Gasteiger partial charge in [-0.15, -0.1) is 6.42 Å². The minimum atomic E-state index is -0.674. The lowest BCUT2D eigenvalue weighted by Gasteiger charge is -2.51. The van der Waals surface area contributed by atoms with Crippen molar-refractivity contribution in [2.45, 2.75) is 70.8 Å². The summed E-state index contributed by atoms with van der Waals surface area (Å²) in [5.74, 6) is 5.91. The zero-order valence-corrected chi connectivity index (χ0v) is 16.5. The van der Waals surface area contributed by atoms with Gasteiger partial charge >= 0.3 is 5.97 Å². The maximum absolute atomic E-state index is 11.7. The van der Waals surface area contributed by atoms with Crippen molar-refractivity contribution in [3.63, 3.8) is 0 Å². The summed E-state index contributed by atoms with van der Waals surface area (Å²) in [5.41, 5.74) is 1.69. The van der Waals surface area contributed by atoms with E-state index >= 15 is 0 Å². The van der Waals surface area contributed by atoms with Crippen LogP contribution in [0.5, 0.6) is 0 Å². The predicted octanol–water partition coefficient (Wildman–Crippen LogP) is 4.57. The van der Waals surface area contributed by atoms with Gasteiger partial charge in [-0.1, -0.05) is 23.6 Å². The molecule has 0 heterocycles. The molecule has 0 saturated heterocycles. The van der Waals surface area contributed by atoms with Gasteiger partial charge in [0.2, 0.25) is 0 Å². The molecule has 1 unspecified atom stereocenters. The van der Waals surface area contributed by atoms with Crippen LogP contribution in [0.2, 0.25) is 0 Å². The molecular formula is C23H31NO3. The van der Waals surface area contributed by atoms with Crippen LogP contribution in [0.4, 0.5) is 0 Å². The molecule has 0 aromatic heterocycles. The number of fused-ring (bicyclic) bond motifs is 5. The molecule has 3 fully saturated rings. The SMILES string of the molecule is C#C[C@]1(OC(C)=O)CC[C@H]2[C@@H]3CCC4=CC(=NO)C(CC)C[C@@H]4[C@H]3CC[C@@H]21. The fraction of sp³-hybridized carbons (Fsp3) is 0.739. The lowest BCUT2D eigenvalue weighted by molar-refractivity contribution is -0.157. The van der Waals surface area contributed by atoms with Gasteiger partial charge in [0.1, 0.15) is 0 Å². The highest BCUT2D eigenvalue weighted by Gasteiger charge is 2.57. The molecule has 27 heavy (non-hydrogen) atoms. The topological polar surface area (TPSA) is 58.9 Å². The molecular weight excluding hydrogens is 338 g/mol. The number of hydrogen-bond acceptors (Lipinski definition) is 4. The molecule has 0 aliphatic heterocycles. The summed E-state index contributed by atoms with van der Waals surface area (Å²) in [6.45, 7) is 3.66. The Morgan fingerprint density at radius 1 is 1.33 bits per heavy atom. The van der Waals surface area contributed by atoms with Crippen molar-refractivity contribution in [1.29, 1.82) is 0 Å². The molecule has 1 N–H and O–H groups in total. The van der Waals surface area contributed by atoms with E-state index in [0.717, 1.165) is 44.2 Å². The molecule has 0 bridgehead atoms. The molecule has 4 aliphatic rings. The summed E-state index contributed by atoms with van der Waals surface area (Å²) in [6.07, 6.45) is 16.6. The zero-order chi connectivity index (χ0) is 19.2. The third-order valence-corrected chi connectivity index (χ3v) is 8.10. The Hall–Kier alpha value is -1.76. The fourth-order valence-corrected chi connectivity index (χ4v) is 7.02. The van der Waals surface area contributed by atoms with Gasteiger partial charge in [-0.3, -0.25) is 4.79 Å². The Kier molecular flexibility index (Phi) is 4.82. The summed E-state index contributed by atoms with van der Waals surface area (Å²) >= 11 is 0. The number of ether oxygens (including phenoxy) is 1. The zero-order valence-electron chi connectivity index (χ0n) is 16.5. The first kappa shape index (κ1) is 18.6. The van der Waals surface area contributed by atoms with E-state index in [1.54, 1.807) is 0 Å². The molecule has 4 rings (SSSR count). The summed E-state index contributed by atoms with van der Waals surface area (Å²) in [5, 5.41) is 13.0. The van der Waals surface area contributed by atoms with Gasteiger partial charge in [-0.25, -0.2) is 0 Å². The normalized spacial score (nSPS) is 44.5. The Labute approximate surface area is 162 Å². The average molecular weight is 370 g/mol. The van der Waals surface area contributed by atoms with Crippen molar-refractivity contribution in [3.05, 3.63) is 11.6 Å². The number of oxime groups is 1. The first-order valence-electron chi connectivity index (χ1n) is 10.6. The van der Waals surface area contributed by atoms with Crippen LogP contribution in [-0.2, 0) is 9.53 Å². The molecule has 0 aromatic rings. The van der Waals surface area contributed by atoms with Crippen LogP contribution < -0.4 is 0 Å². The van der Waals surface area contributed by atoms with Crippen LogP contribution in [-0.4, -0.2) is 22.5 Å². The van der Waals surface area contributed by atoms with E-state index in [9.17, 15) is 10.0 Å². The first-order valence-corrected chi connectivity index (χ1v) is 10.6. The maximum atomic E-state index is 11.7. The summed E-state index contributed by atoms with van der Waals surface area (Å²) in [7, 11) is 0. The van der Waals surface area contributed by atoms with Crippen molar-refractivity contribution in [3.8, 4) is 12.3 Å². The van der Waals surface area contributed by atoms with Gasteiger partial charge in [0.05, 0.1) is 5.71 Å². The standard InChI is InChI=1S/C23H31NO3/c1-4-15-12-20-16(13-22(15)24-26)6-7-17-18(20)8-9-21-19(17)10-11-23(21,5-2)27-14(3)25/h2,13,15,17-21,26H,4,6-12H2,1,3H3/t15?,17-,18+,19+,20+,21+,23+/m1/s1. The van der Waals surface area contributed by atoms with Gasteiger partial charge in [0.25, 0.3) is 0 Å². The van der Waals surface area contributed by atoms with Gasteiger partial charge < -0.3 is 9.94 Å². The van der Waals surface area contributed by atoms with Crippen molar-refractivity contribution in [2.24, 2.45) is 40.7 Å². The van der Waals surface area contributed by atoms with Gasteiger partial charge in [0.15, 0.2) is 5.60 Å². The van der Waals surface area contributed by atoms with E-state index in [2.05, 4.69) is 24.1 Å². The van der Waals surface area contributed by atoms with Crippen LogP contribution >= 0.6 is 0 Å². The summed E-state index contributed by atoms with van der Waals surface area (Å²) < 4.78 is 5.74. The molecule has 0 amide bonds. The van der Waals surface area contributed by atoms with Crippen LogP contribution in [0.25, 0.3) is 0 Å². The van der Waals surface area contributed by atoms with Crippen molar-refractivity contribution in [1.82, 2.24) is 0 Å². The van der Waals surface area contributed by atoms with E-state index in [0.29, 0.717) is 35.5 Å². The van der Waals surface area contributed by atoms with Crippen LogP contribution in [0.3, 0.4) is 0 Å². The molecule has 4 aliphatic carbocycles. The second-order valence-electron chi connectivity index (χ2n) is 9.07. The summed E-state index contributed by atoms with van der Waals surface area (Å²) in [6, 6.07) is 0. The Bertz CT molecular complexity index is 718. The number of carbonyl (C=O) groups is 1. The summed E-state index contributed by atoms with van der Waals surface area (Å²) in [4.78, 5) is 11.7. The molecule has 3 saturated carbocycles. The smallest absolute Gasteiger partial charge is 0.304 e. The number of allylic oxidation sites excluding steroid dienone is 2. The maximum Gasteiger partial charge on any atom is 0.304 e. The largest absolute Gasteiger partial charge is 0.446 e. The highest BCUT2D eigenvalue weighted by Crippen LogP contribution is 2.60. The highest BCUT2D eigenvalue weighted by atomic mass is 16.6. The van der Waals surface area contributed by atoms with E-state index in [1.165, 1.54) is 25.3 Å². The minimum Gasteiger partial charge on any atom is -0.446 e. The second kappa shape index (κ2) is 7.00. The third kappa shape index (κ3) is 2.91. The monoisotopic (exact) mass is 369 g/mol. The lowest BCUT2D eigenvalue weighted by Crippen LogP contribution is -2.47. The number of rotatable bonds is 2. The number of nitrogens with zero attached hydrogens (tertiary/aromatic N) is 1. The van der Waals surface area contributed by atoms with Crippen LogP contribution in [0, 0.1) is 47.9 Å². The van der Waals surface area contributed by atoms with Crippen molar-refractivity contribution in [2.75, 3.05) is 0 Å². The molecule has 146 valence electrons. The van der Waals surface area contributed by atoms with E-state index in [1.807, 2.05) is 0 Å². The van der Waals surface area contributed by atoms with E-state index < -0.39 is 5.60 Å². The van der Waals surface area contributed by atoms with E-state index in [4.69, 9.17) is 11.2 Å². The molecule has 4 heteroatoms. The van der Waals surface area contributed by atoms with Gasteiger partial charge in [-0.05, 0) is 81.1 Å². The highest BCUT2D eigenvalue weighted by molar-refractivity contribution is 5.98. The molecule has 0 spiro atoms. The van der Waals surface area contributed by atoms with Crippen molar-refractivity contribution < 1.29 is 14.7 Å². The number of hydrogen-bond donors (Lipinski definition) is 1. The fourth-order valence-electron chi connectivity index (χ4n) is 7.02. The lowest BCUT2D eigenvalue weighted by atomic mass is 9.54. The molecule has 7 atom stereocenters. The predicted molar refractivity (Wildman–Crippen MR) is 104 cm³/mol. The number of terminal acetylenes is 1. The minimum absolute atomic E-state index is 0.251. The van der Waals surface area contributed by atoms with Gasteiger partial charge in [-0.2, -0.15) is 0 Å². The Morgan fingerprint density at radius 3 is 2.81 bits per heavy atom. The number of esters is 1. The first-order chi connectivity index (χ1) is 13.0. The van der Waals surface area contributed by atoms with Crippen LogP contribution in [0.1, 0.15) is 65.2 Å². The second-order valence-corrected chi connectivity index (χ2v) is 9.07. The van der Waals surface area contributed by atoms with Crippen LogP contribution in [0.15, 0.2) is 16.8 Å². The quantitative estimate of drug-likeness (QED) is 0.336. The average Bonchev–Trinajstić information content (AvgIpc) is 3.05. The third-order valence-electron chi connectivity index (χ3n) is 8.10. The van der Waals surface area contributed by atoms with Crippen molar-refractivity contribution >= 4 is 11.7 Å². The number of carbonyl (C=O) groups excluding carboxylic acids is 1. The molecule has 0 aromatic carbocycles. The Morgan fingerprint density at radius 2 is 2.15 bits per heavy atom. The Balaban J connectivity index is 1.58. The molecule has 4 nitrogen and oxygen atoms in total.